The highest BCUT2D eigenvalue weighted by Crippen LogP contribution is 2.44. The molecule has 1 N–H and O–H groups in total. The summed E-state index contributed by atoms with van der Waals surface area (Å²) in [7, 11) is 0. The molecule has 1 fully saturated rings. The van der Waals surface area contributed by atoms with Gasteiger partial charge in [-0.1, -0.05) is 33.6 Å². The summed E-state index contributed by atoms with van der Waals surface area (Å²) in [4.78, 5) is 38.1. The first-order chi connectivity index (χ1) is 13.0. The molecule has 1 aliphatic rings. The maximum atomic E-state index is 13.1. The number of carbonyl (C=O) groups is 3. The zero-order valence-electron chi connectivity index (χ0n) is 19.4. The molecular formula is C21H38N2O5S. The molecule has 1 aliphatic carbocycles. The zero-order valence-corrected chi connectivity index (χ0v) is 20.2. The predicted molar refractivity (Wildman–Crippen MR) is 116 cm³/mol. The normalized spacial score (nSPS) is 23.1. The summed E-state index contributed by atoms with van der Waals surface area (Å²) in [5, 5.41) is 0.887. The van der Waals surface area contributed by atoms with Crippen LogP contribution in [0.2, 0.25) is 0 Å². The Bertz CT molecular complexity index is 604. The van der Waals surface area contributed by atoms with Crippen molar-refractivity contribution in [2.45, 2.75) is 115 Å². The summed E-state index contributed by atoms with van der Waals surface area (Å²) in [5.74, 6) is 0. The van der Waals surface area contributed by atoms with Gasteiger partial charge in [0, 0.05) is 10.00 Å². The minimum absolute atomic E-state index is 0.123. The van der Waals surface area contributed by atoms with Crippen LogP contribution in [0.1, 0.15) is 88.0 Å². The number of nitrogens with zero attached hydrogens (tertiary/aromatic N) is 1. The molecule has 168 valence electrons. The van der Waals surface area contributed by atoms with Crippen LogP contribution in [-0.4, -0.2) is 50.2 Å². The largest absolute Gasteiger partial charge is 0.443 e. The van der Waals surface area contributed by atoms with Crippen LogP contribution < -0.4 is 5.43 Å². The van der Waals surface area contributed by atoms with Crippen molar-refractivity contribution < 1.29 is 23.9 Å². The van der Waals surface area contributed by atoms with Gasteiger partial charge in [0.1, 0.15) is 23.0 Å². The van der Waals surface area contributed by atoms with Gasteiger partial charge in [-0.25, -0.2) is 20.0 Å². The second kappa shape index (κ2) is 9.14. The lowest BCUT2D eigenvalue weighted by molar-refractivity contribution is -0.122. The van der Waals surface area contributed by atoms with Gasteiger partial charge in [-0.05, 0) is 54.4 Å². The Morgan fingerprint density at radius 2 is 1.55 bits per heavy atom. The van der Waals surface area contributed by atoms with Crippen LogP contribution in [0, 0.1) is 0 Å². The van der Waals surface area contributed by atoms with E-state index in [0.717, 1.165) is 30.6 Å². The van der Waals surface area contributed by atoms with Crippen LogP contribution in [0.5, 0.6) is 0 Å². The van der Waals surface area contributed by atoms with Crippen molar-refractivity contribution in [1.82, 2.24) is 10.4 Å². The molecule has 0 radical (unpaired) electrons. The SMILES string of the molecule is CC(C)(C)OC(=O)NN(C(=O)OC(C)(C)C)[C@@]1(C=O)CCCC[C@@H]1SC(C)(C)C. The van der Waals surface area contributed by atoms with Gasteiger partial charge >= 0.3 is 12.2 Å². The molecule has 0 aromatic heterocycles. The Kier molecular flexibility index (Phi) is 8.07. The van der Waals surface area contributed by atoms with E-state index in [1.165, 1.54) is 0 Å². The molecule has 2 atom stereocenters. The summed E-state index contributed by atoms with van der Waals surface area (Å²) in [6, 6.07) is 0. The standard InChI is InChI=1S/C21H38N2O5S/c1-18(2,3)27-16(25)22-23(17(26)28-19(4,5)6)21(14-24)13-11-10-12-15(21)29-20(7,8)9/h14-15H,10-13H2,1-9H3,(H,22,25)/t15-,21+/m0/s1. The molecule has 8 heteroatoms. The van der Waals surface area contributed by atoms with Crippen LogP contribution >= 0.6 is 11.8 Å². The number of aldehydes is 1. The van der Waals surface area contributed by atoms with Crippen molar-refractivity contribution in [2.24, 2.45) is 0 Å². The predicted octanol–water partition coefficient (Wildman–Crippen LogP) is 5.08. The molecule has 0 heterocycles. The Morgan fingerprint density at radius 3 is 2.00 bits per heavy atom. The smallest absolute Gasteiger partial charge is 0.430 e. The average Bonchev–Trinajstić information content (AvgIpc) is 2.48. The molecule has 7 nitrogen and oxygen atoms in total. The first-order valence-electron chi connectivity index (χ1n) is 10.2. The van der Waals surface area contributed by atoms with E-state index in [0.29, 0.717) is 6.42 Å². The van der Waals surface area contributed by atoms with Crippen molar-refractivity contribution >= 4 is 30.2 Å². The Morgan fingerprint density at radius 1 is 1.00 bits per heavy atom. The second-order valence-electron chi connectivity index (χ2n) is 10.5. The van der Waals surface area contributed by atoms with E-state index in [1.807, 2.05) is 0 Å². The molecule has 0 bridgehead atoms. The third-order valence-electron chi connectivity index (χ3n) is 4.15. The number of rotatable bonds is 3. The summed E-state index contributed by atoms with van der Waals surface area (Å²) in [6.07, 6.45) is 2.16. The van der Waals surface area contributed by atoms with Gasteiger partial charge in [-0.3, -0.25) is 0 Å². The van der Waals surface area contributed by atoms with E-state index in [1.54, 1.807) is 53.3 Å². The van der Waals surface area contributed by atoms with Crippen molar-refractivity contribution in [1.29, 1.82) is 0 Å². The molecule has 0 saturated heterocycles. The van der Waals surface area contributed by atoms with Crippen molar-refractivity contribution in [3.05, 3.63) is 0 Å². The van der Waals surface area contributed by atoms with E-state index in [4.69, 9.17) is 9.47 Å². The van der Waals surface area contributed by atoms with Crippen LogP contribution in [0.25, 0.3) is 0 Å². The molecule has 0 spiro atoms. The fraction of sp³-hybridized carbons (Fsp3) is 0.857. The molecule has 0 unspecified atom stereocenters. The number of hydrogen-bond acceptors (Lipinski definition) is 6. The summed E-state index contributed by atoms with van der Waals surface area (Å²) >= 11 is 1.64. The summed E-state index contributed by atoms with van der Waals surface area (Å²) in [5.41, 5.74) is -0.214. The van der Waals surface area contributed by atoms with E-state index in [9.17, 15) is 14.4 Å². The van der Waals surface area contributed by atoms with E-state index >= 15 is 0 Å². The van der Waals surface area contributed by atoms with Gasteiger partial charge in [0.15, 0.2) is 0 Å². The Balaban J connectivity index is 3.34. The number of nitrogens with one attached hydrogen (secondary N) is 1. The highest BCUT2D eigenvalue weighted by Gasteiger charge is 2.51. The lowest BCUT2D eigenvalue weighted by atomic mass is 9.81. The number of hydrogen-bond donors (Lipinski definition) is 1. The molecule has 29 heavy (non-hydrogen) atoms. The Labute approximate surface area is 179 Å². The van der Waals surface area contributed by atoms with Crippen molar-refractivity contribution in [2.75, 3.05) is 0 Å². The molecule has 0 aromatic carbocycles. The van der Waals surface area contributed by atoms with E-state index in [2.05, 4.69) is 26.2 Å². The fourth-order valence-corrected chi connectivity index (χ4v) is 4.82. The van der Waals surface area contributed by atoms with Gasteiger partial charge in [-0.15, -0.1) is 11.8 Å². The minimum atomic E-state index is -1.21. The highest BCUT2D eigenvalue weighted by atomic mass is 32.2. The molecule has 1 saturated carbocycles. The molecule has 0 aliphatic heterocycles. The summed E-state index contributed by atoms with van der Waals surface area (Å²) in [6.45, 7) is 16.6. The van der Waals surface area contributed by atoms with Gasteiger partial charge in [0.05, 0.1) is 0 Å². The number of thioether (sulfide) groups is 1. The minimum Gasteiger partial charge on any atom is -0.443 e. The molecule has 2 amide bonds. The highest BCUT2D eigenvalue weighted by molar-refractivity contribution is 8.01. The van der Waals surface area contributed by atoms with Crippen molar-refractivity contribution in [3.8, 4) is 0 Å². The van der Waals surface area contributed by atoms with Gasteiger partial charge in [0.2, 0.25) is 0 Å². The number of amides is 2. The summed E-state index contributed by atoms with van der Waals surface area (Å²) < 4.78 is 10.8. The molecule has 0 aromatic rings. The maximum absolute atomic E-state index is 13.1. The zero-order chi connectivity index (χ0) is 22.7. The first-order valence-corrected chi connectivity index (χ1v) is 11.0. The van der Waals surface area contributed by atoms with Gasteiger partial charge in [0.25, 0.3) is 0 Å². The van der Waals surface area contributed by atoms with Crippen LogP contribution in [-0.2, 0) is 14.3 Å². The van der Waals surface area contributed by atoms with Crippen LogP contribution in [0.15, 0.2) is 0 Å². The van der Waals surface area contributed by atoms with Crippen LogP contribution in [0.3, 0.4) is 0 Å². The number of ether oxygens (including phenoxy) is 2. The number of hydrazine groups is 1. The maximum Gasteiger partial charge on any atom is 0.430 e. The Hall–Kier alpha value is -1.44. The fourth-order valence-electron chi connectivity index (χ4n) is 3.20. The molecular weight excluding hydrogens is 392 g/mol. The second-order valence-corrected chi connectivity index (χ2v) is 12.5. The third kappa shape index (κ3) is 8.07. The lowest BCUT2D eigenvalue weighted by Crippen LogP contribution is -2.67. The third-order valence-corrected chi connectivity index (χ3v) is 5.78. The molecule has 1 rings (SSSR count). The quantitative estimate of drug-likeness (QED) is 0.497. The van der Waals surface area contributed by atoms with Gasteiger partial charge < -0.3 is 14.3 Å². The van der Waals surface area contributed by atoms with Crippen molar-refractivity contribution in [3.63, 3.8) is 0 Å². The van der Waals surface area contributed by atoms with Gasteiger partial charge in [-0.2, -0.15) is 0 Å². The average molecular weight is 431 g/mol. The van der Waals surface area contributed by atoms with Crippen LogP contribution in [0.4, 0.5) is 9.59 Å². The van der Waals surface area contributed by atoms with E-state index < -0.39 is 28.9 Å². The van der Waals surface area contributed by atoms with E-state index in [-0.39, 0.29) is 10.00 Å². The topological polar surface area (TPSA) is 84.9 Å². The monoisotopic (exact) mass is 430 g/mol. The first kappa shape index (κ1) is 25.6. The lowest BCUT2D eigenvalue weighted by Gasteiger charge is -2.48. The number of carbonyl (C=O) groups excluding carboxylic acids is 3.